The summed E-state index contributed by atoms with van der Waals surface area (Å²) in [6.07, 6.45) is 0. The molecule has 0 aliphatic carbocycles. The molecule has 0 amide bonds. The Bertz CT molecular complexity index is 476. The number of hydrogen-bond donors (Lipinski definition) is 0. The van der Waals surface area contributed by atoms with Gasteiger partial charge in [-0.25, -0.2) is 4.79 Å². The number of ketones is 1. The van der Waals surface area contributed by atoms with Crippen LogP contribution < -0.4 is 4.74 Å². The van der Waals surface area contributed by atoms with E-state index in [2.05, 4.69) is 4.74 Å². The number of benzene rings is 1. The number of nitro benzene ring substituents is 1. The van der Waals surface area contributed by atoms with Crippen molar-refractivity contribution in [1.29, 1.82) is 0 Å². The van der Waals surface area contributed by atoms with Crippen LogP contribution in [0.15, 0.2) is 18.2 Å². The Balaban J connectivity index is 0.00000256. The quantitative estimate of drug-likeness (QED) is 0.207. The van der Waals surface area contributed by atoms with E-state index in [1.165, 1.54) is 12.1 Å². The van der Waals surface area contributed by atoms with Crippen LogP contribution in [0.25, 0.3) is 0 Å². The summed E-state index contributed by atoms with van der Waals surface area (Å²) < 4.78 is 4.57. The Morgan fingerprint density at radius 2 is 2.00 bits per heavy atom. The van der Waals surface area contributed by atoms with Gasteiger partial charge in [0, 0.05) is 6.92 Å². The number of rotatable bonds is 3. The monoisotopic (exact) mass is 283 g/mol. The van der Waals surface area contributed by atoms with Crippen LogP contribution in [-0.4, -0.2) is 68.1 Å². The van der Waals surface area contributed by atoms with Crippen LogP contribution in [0, 0.1) is 10.1 Å². The fourth-order valence-electron chi connectivity index (χ4n) is 0.875. The molecule has 0 bridgehead atoms. The Morgan fingerprint density at radius 3 is 2.47 bits per heavy atom. The summed E-state index contributed by atoms with van der Waals surface area (Å²) >= 11 is 5.54. The van der Waals surface area contributed by atoms with Gasteiger partial charge in [0.05, 0.1) is 11.0 Å². The van der Waals surface area contributed by atoms with Gasteiger partial charge >= 0.3 is 57.4 Å². The van der Waals surface area contributed by atoms with E-state index < -0.39 is 22.4 Å². The van der Waals surface area contributed by atoms with E-state index in [-0.39, 0.29) is 62.2 Å². The van der Waals surface area contributed by atoms with E-state index in [4.69, 9.17) is 11.6 Å². The van der Waals surface area contributed by atoms with Crippen molar-refractivity contribution in [2.24, 2.45) is 0 Å². The Morgan fingerprint density at radius 1 is 1.41 bits per heavy atom. The molecule has 0 saturated heterocycles. The average Bonchev–Trinajstić information content (AvgIpc) is 2.20. The first-order valence-electron chi connectivity index (χ1n) is 4.08. The summed E-state index contributed by atoms with van der Waals surface area (Å²) in [4.78, 5) is 31.3. The number of ether oxygens (including phenoxy) is 1. The molecule has 0 unspecified atom stereocenters. The molecule has 17 heavy (non-hydrogen) atoms. The number of hydrogen-bond acceptors (Lipinski definition) is 5. The minimum absolute atomic E-state index is 0. The molecule has 0 spiro atoms. The molecule has 0 heterocycles. The molecule has 0 N–H and O–H groups in total. The van der Waals surface area contributed by atoms with E-state index in [1.54, 1.807) is 0 Å². The van der Waals surface area contributed by atoms with Gasteiger partial charge in [-0.2, -0.15) is 0 Å². The van der Waals surface area contributed by atoms with Crippen molar-refractivity contribution in [2.75, 3.05) is 0 Å². The zero-order valence-electron chi connectivity index (χ0n) is 8.10. The van der Waals surface area contributed by atoms with E-state index in [1.807, 2.05) is 0 Å². The zero-order chi connectivity index (χ0) is 12.3. The summed E-state index contributed by atoms with van der Waals surface area (Å²) in [5.74, 6) is -1.98. The van der Waals surface area contributed by atoms with Gasteiger partial charge in [-0.1, -0.05) is 11.6 Å². The van der Waals surface area contributed by atoms with Gasteiger partial charge in [-0.05, 0) is 12.1 Å². The standard InChI is InChI=1S/C9H6ClNO5.K.H/c1-5(12)9(13)16-6-2-3-7(10)8(4-6)11(14)15;;/h2-4H,1H3;;. The fourth-order valence-corrected chi connectivity index (χ4v) is 1.06. The molecule has 0 aromatic heterocycles. The van der Waals surface area contributed by atoms with Crippen LogP contribution in [0.2, 0.25) is 5.02 Å². The molecule has 0 aliphatic heterocycles. The second kappa shape index (κ2) is 7.19. The van der Waals surface area contributed by atoms with Gasteiger partial charge in [0.15, 0.2) is 0 Å². The van der Waals surface area contributed by atoms with Crippen LogP contribution in [0.4, 0.5) is 5.69 Å². The SMILES string of the molecule is CC(=O)C(=O)Oc1ccc(Cl)c([N+](=O)[O-])c1.[KH]. The second-order valence-electron chi connectivity index (χ2n) is 2.82. The number of carbonyl (C=O) groups is 2. The van der Waals surface area contributed by atoms with Crippen molar-refractivity contribution < 1.29 is 19.2 Å². The van der Waals surface area contributed by atoms with Crippen molar-refractivity contribution >= 4 is 80.4 Å². The molecule has 86 valence electrons. The average molecular weight is 284 g/mol. The molecule has 0 saturated carbocycles. The summed E-state index contributed by atoms with van der Waals surface area (Å²) in [6, 6.07) is 3.45. The zero-order valence-corrected chi connectivity index (χ0v) is 8.85. The third-order valence-electron chi connectivity index (χ3n) is 1.61. The summed E-state index contributed by atoms with van der Waals surface area (Å²) in [5.41, 5.74) is -0.393. The van der Waals surface area contributed by atoms with Crippen molar-refractivity contribution in [3.05, 3.63) is 33.3 Å². The first kappa shape index (κ1) is 16.7. The number of halogens is 1. The maximum absolute atomic E-state index is 10.9. The van der Waals surface area contributed by atoms with Crippen LogP contribution in [0.3, 0.4) is 0 Å². The number of esters is 1. The molecule has 1 rings (SSSR count). The molecule has 0 radical (unpaired) electrons. The van der Waals surface area contributed by atoms with Gasteiger partial charge in [-0.15, -0.1) is 0 Å². The maximum atomic E-state index is 10.9. The first-order chi connectivity index (χ1) is 7.41. The summed E-state index contributed by atoms with van der Waals surface area (Å²) in [5, 5.41) is 10.4. The molecule has 1 aromatic carbocycles. The number of carbonyl (C=O) groups excluding carboxylic acids is 2. The number of Topliss-reactive ketones (excluding diaryl/α,β-unsaturated/α-hetero) is 1. The van der Waals surface area contributed by atoms with Crippen LogP contribution in [-0.2, 0) is 9.59 Å². The van der Waals surface area contributed by atoms with E-state index >= 15 is 0 Å². The topological polar surface area (TPSA) is 86.5 Å². The van der Waals surface area contributed by atoms with Crippen molar-refractivity contribution in [1.82, 2.24) is 0 Å². The predicted molar refractivity (Wildman–Crippen MR) is 61.6 cm³/mol. The summed E-state index contributed by atoms with van der Waals surface area (Å²) in [7, 11) is 0. The van der Waals surface area contributed by atoms with Crippen LogP contribution >= 0.6 is 11.6 Å². The van der Waals surface area contributed by atoms with Crippen LogP contribution in [0.1, 0.15) is 6.92 Å². The fraction of sp³-hybridized carbons (Fsp3) is 0.111. The third-order valence-corrected chi connectivity index (χ3v) is 1.93. The summed E-state index contributed by atoms with van der Waals surface area (Å²) in [6.45, 7) is 1.03. The number of nitro groups is 1. The van der Waals surface area contributed by atoms with Crippen molar-refractivity contribution in [3.8, 4) is 5.75 Å². The second-order valence-corrected chi connectivity index (χ2v) is 3.22. The Kier molecular flexibility index (Phi) is 7.06. The minimum atomic E-state index is -1.09. The first-order valence-corrected chi connectivity index (χ1v) is 4.46. The molecule has 0 atom stereocenters. The number of nitrogens with zero attached hydrogens (tertiary/aromatic N) is 1. The van der Waals surface area contributed by atoms with Crippen molar-refractivity contribution in [2.45, 2.75) is 6.92 Å². The van der Waals surface area contributed by atoms with E-state index in [0.717, 1.165) is 13.0 Å². The third kappa shape index (κ3) is 4.82. The van der Waals surface area contributed by atoms with Gasteiger partial charge in [0.2, 0.25) is 5.78 Å². The molecule has 0 aliphatic rings. The molecule has 8 heteroatoms. The van der Waals surface area contributed by atoms with Crippen molar-refractivity contribution in [3.63, 3.8) is 0 Å². The Hall–Kier alpha value is -0.314. The van der Waals surface area contributed by atoms with Crippen LogP contribution in [0.5, 0.6) is 5.75 Å². The van der Waals surface area contributed by atoms with Gasteiger partial charge in [-0.3, -0.25) is 14.9 Å². The van der Waals surface area contributed by atoms with Gasteiger partial charge in [0.25, 0.3) is 5.69 Å². The molecule has 1 aromatic rings. The van der Waals surface area contributed by atoms with E-state index in [9.17, 15) is 19.7 Å². The molecular weight excluding hydrogens is 277 g/mol. The Labute approximate surface area is 144 Å². The predicted octanol–water partition coefficient (Wildman–Crippen LogP) is 1.09. The molecule has 6 nitrogen and oxygen atoms in total. The molecular formula is C9H7ClKNO5. The van der Waals surface area contributed by atoms with Gasteiger partial charge < -0.3 is 4.74 Å². The molecule has 0 fully saturated rings. The normalized spacial score (nSPS) is 9.06. The van der Waals surface area contributed by atoms with E-state index in [0.29, 0.717) is 0 Å². The van der Waals surface area contributed by atoms with Gasteiger partial charge in [0.1, 0.15) is 10.8 Å².